The Labute approximate surface area is 116 Å². The van der Waals surface area contributed by atoms with Crippen molar-refractivity contribution in [2.45, 2.75) is 18.9 Å². The quantitative estimate of drug-likeness (QED) is 0.792. The molecule has 0 radical (unpaired) electrons. The van der Waals surface area contributed by atoms with Crippen LogP contribution in [0.2, 0.25) is 10.0 Å². The fourth-order valence-corrected chi connectivity index (χ4v) is 1.97. The van der Waals surface area contributed by atoms with Crippen LogP contribution in [0.15, 0.2) is 18.2 Å². The molecule has 1 aromatic carbocycles. The summed E-state index contributed by atoms with van der Waals surface area (Å²) in [6.45, 7) is 0.587. The topological polar surface area (TPSA) is 64.3 Å². The van der Waals surface area contributed by atoms with Crippen molar-refractivity contribution >= 4 is 34.8 Å². The van der Waals surface area contributed by atoms with Crippen LogP contribution in [-0.4, -0.2) is 25.7 Å². The first-order valence-corrected chi connectivity index (χ1v) is 6.30. The molecule has 0 aliphatic rings. The van der Waals surface area contributed by atoms with Gasteiger partial charge in [-0.15, -0.1) is 0 Å². The number of ether oxygens (including phenoxy) is 1. The molecule has 0 saturated heterocycles. The van der Waals surface area contributed by atoms with Crippen LogP contribution in [0.5, 0.6) is 0 Å². The van der Waals surface area contributed by atoms with Crippen LogP contribution in [-0.2, 0) is 9.53 Å². The Bertz CT molecular complexity index is 393. The van der Waals surface area contributed by atoms with E-state index in [1.165, 1.54) is 0 Å². The molecule has 6 heteroatoms. The molecule has 0 saturated carbocycles. The minimum atomic E-state index is -0.571. The Kier molecular flexibility index (Phi) is 6.43. The van der Waals surface area contributed by atoms with E-state index in [4.69, 9.17) is 33.7 Å². The number of benzene rings is 1. The Morgan fingerprint density at radius 2 is 2.00 bits per heavy atom. The fourth-order valence-electron chi connectivity index (χ4n) is 1.44. The van der Waals surface area contributed by atoms with Gasteiger partial charge in [-0.2, -0.15) is 0 Å². The van der Waals surface area contributed by atoms with E-state index in [0.717, 1.165) is 6.42 Å². The molecule has 1 rings (SSSR count). The molecule has 0 aliphatic heterocycles. The molecule has 0 spiro atoms. The van der Waals surface area contributed by atoms with Gasteiger partial charge in [0, 0.05) is 29.4 Å². The summed E-state index contributed by atoms with van der Waals surface area (Å²) in [6.07, 6.45) is 1.30. The average molecular weight is 291 g/mol. The SMILES string of the molecule is COCCCC(N)C(=O)Nc1cc(Cl)cc(Cl)c1. The maximum Gasteiger partial charge on any atom is 0.241 e. The predicted molar refractivity (Wildman–Crippen MR) is 74.2 cm³/mol. The van der Waals surface area contributed by atoms with Crippen molar-refractivity contribution in [3.8, 4) is 0 Å². The van der Waals surface area contributed by atoms with Gasteiger partial charge in [-0.1, -0.05) is 23.2 Å². The number of amides is 1. The average Bonchev–Trinajstić information content (AvgIpc) is 2.27. The van der Waals surface area contributed by atoms with Crippen molar-refractivity contribution in [2.75, 3.05) is 19.0 Å². The van der Waals surface area contributed by atoms with Crippen LogP contribution in [0, 0.1) is 0 Å². The molecule has 1 amide bonds. The molecule has 0 heterocycles. The lowest BCUT2D eigenvalue weighted by Crippen LogP contribution is -2.35. The number of nitrogens with two attached hydrogens (primary N) is 1. The normalized spacial score (nSPS) is 12.2. The number of halogens is 2. The van der Waals surface area contributed by atoms with E-state index in [1.807, 2.05) is 0 Å². The molecule has 1 unspecified atom stereocenters. The smallest absolute Gasteiger partial charge is 0.241 e. The second-order valence-electron chi connectivity index (χ2n) is 3.89. The molecule has 0 aromatic heterocycles. The first-order valence-electron chi connectivity index (χ1n) is 5.54. The van der Waals surface area contributed by atoms with Gasteiger partial charge in [0.15, 0.2) is 0 Å². The molecule has 100 valence electrons. The number of methoxy groups -OCH3 is 1. The Morgan fingerprint density at radius 3 is 2.56 bits per heavy atom. The van der Waals surface area contributed by atoms with Crippen LogP contribution >= 0.6 is 23.2 Å². The fraction of sp³-hybridized carbons (Fsp3) is 0.417. The number of hydrogen-bond acceptors (Lipinski definition) is 3. The maximum atomic E-state index is 11.8. The lowest BCUT2D eigenvalue weighted by Gasteiger charge is -2.12. The molecule has 0 aliphatic carbocycles. The highest BCUT2D eigenvalue weighted by Gasteiger charge is 2.13. The Hall–Kier alpha value is -0.810. The Morgan fingerprint density at radius 1 is 1.39 bits per heavy atom. The van der Waals surface area contributed by atoms with Crippen LogP contribution in [0.3, 0.4) is 0 Å². The van der Waals surface area contributed by atoms with Gasteiger partial charge >= 0.3 is 0 Å². The standard InChI is InChI=1S/C12H16Cl2N2O2/c1-18-4-2-3-11(15)12(17)16-10-6-8(13)5-9(14)7-10/h5-7,11H,2-4,15H2,1H3,(H,16,17). The van der Waals surface area contributed by atoms with Gasteiger partial charge in [-0.25, -0.2) is 0 Å². The summed E-state index contributed by atoms with van der Waals surface area (Å²) in [4.78, 5) is 11.8. The highest BCUT2D eigenvalue weighted by molar-refractivity contribution is 6.35. The van der Waals surface area contributed by atoms with Crippen molar-refractivity contribution in [2.24, 2.45) is 5.73 Å². The van der Waals surface area contributed by atoms with Gasteiger partial charge in [0.1, 0.15) is 0 Å². The van der Waals surface area contributed by atoms with E-state index < -0.39 is 6.04 Å². The number of carbonyl (C=O) groups is 1. The van der Waals surface area contributed by atoms with Crippen LogP contribution < -0.4 is 11.1 Å². The van der Waals surface area contributed by atoms with E-state index in [-0.39, 0.29) is 5.91 Å². The molecule has 3 N–H and O–H groups in total. The van der Waals surface area contributed by atoms with Gasteiger partial charge in [0.05, 0.1) is 6.04 Å². The monoisotopic (exact) mass is 290 g/mol. The lowest BCUT2D eigenvalue weighted by molar-refractivity contribution is -0.117. The minimum absolute atomic E-state index is 0.260. The highest BCUT2D eigenvalue weighted by atomic mass is 35.5. The molecular formula is C12H16Cl2N2O2. The van der Waals surface area contributed by atoms with Gasteiger partial charge < -0.3 is 15.8 Å². The summed E-state index contributed by atoms with van der Waals surface area (Å²) < 4.78 is 4.90. The zero-order valence-corrected chi connectivity index (χ0v) is 11.6. The third-order valence-electron chi connectivity index (χ3n) is 2.33. The molecule has 0 bridgehead atoms. The summed E-state index contributed by atoms with van der Waals surface area (Å²) >= 11 is 11.7. The molecule has 18 heavy (non-hydrogen) atoms. The summed E-state index contributed by atoms with van der Waals surface area (Å²) in [5.41, 5.74) is 6.29. The van der Waals surface area contributed by atoms with E-state index in [0.29, 0.717) is 28.8 Å². The molecule has 0 fully saturated rings. The molecular weight excluding hydrogens is 275 g/mol. The van der Waals surface area contributed by atoms with E-state index in [9.17, 15) is 4.79 Å². The van der Waals surface area contributed by atoms with Crippen LogP contribution in [0.1, 0.15) is 12.8 Å². The van der Waals surface area contributed by atoms with Crippen molar-refractivity contribution in [3.63, 3.8) is 0 Å². The summed E-state index contributed by atoms with van der Waals surface area (Å²) in [5.74, 6) is -0.260. The number of nitrogens with one attached hydrogen (secondary N) is 1. The minimum Gasteiger partial charge on any atom is -0.385 e. The van der Waals surface area contributed by atoms with Gasteiger partial charge in [0.2, 0.25) is 5.91 Å². The third kappa shape index (κ3) is 5.23. The number of anilines is 1. The summed E-state index contributed by atoms with van der Waals surface area (Å²) in [5, 5.41) is 3.60. The summed E-state index contributed by atoms with van der Waals surface area (Å²) in [7, 11) is 1.61. The van der Waals surface area contributed by atoms with Crippen molar-refractivity contribution in [1.29, 1.82) is 0 Å². The van der Waals surface area contributed by atoms with Crippen molar-refractivity contribution in [1.82, 2.24) is 0 Å². The zero-order chi connectivity index (χ0) is 13.5. The number of hydrogen-bond donors (Lipinski definition) is 2. The van der Waals surface area contributed by atoms with Crippen molar-refractivity contribution in [3.05, 3.63) is 28.2 Å². The second kappa shape index (κ2) is 7.59. The van der Waals surface area contributed by atoms with Gasteiger partial charge in [0.25, 0.3) is 0 Å². The first kappa shape index (κ1) is 15.2. The number of rotatable bonds is 6. The van der Waals surface area contributed by atoms with Crippen molar-refractivity contribution < 1.29 is 9.53 Å². The zero-order valence-electron chi connectivity index (χ0n) is 10.1. The van der Waals surface area contributed by atoms with Crippen LogP contribution in [0.25, 0.3) is 0 Å². The number of carbonyl (C=O) groups excluding carboxylic acids is 1. The molecule has 1 aromatic rings. The second-order valence-corrected chi connectivity index (χ2v) is 4.76. The maximum absolute atomic E-state index is 11.8. The molecule has 1 atom stereocenters. The first-order chi connectivity index (χ1) is 8.52. The largest absolute Gasteiger partial charge is 0.385 e. The van der Waals surface area contributed by atoms with E-state index >= 15 is 0 Å². The van der Waals surface area contributed by atoms with E-state index in [1.54, 1.807) is 25.3 Å². The van der Waals surface area contributed by atoms with Gasteiger partial charge in [-0.3, -0.25) is 4.79 Å². The Balaban J connectivity index is 2.52. The van der Waals surface area contributed by atoms with Gasteiger partial charge in [-0.05, 0) is 31.0 Å². The third-order valence-corrected chi connectivity index (χ3v) is 2.77. The van der Waals surface area contributed by atoms with Crippen LogP contribution in [0.4, 0.5) is 5.69 Å². The summed E-state index contributed by atoms with van der Waals surface area (Å²) in [6, 6.07) is 4.26. The van der Waals surface area contributed by atoms with E-state index in [2.05, 4.69) is 5.32 Å². The predicted octanol–water partition coefficient (Wildman–Crippen LogP) is 2.69. The lowest BCUT2D eigenvalue weighted by atomic mass is 10.1. The highest BCUT2D eigenvalue weighted by Crippen LogP contribution is 2.22. The molecule has 4 nitrogen and oxygen atoms in total.